The molecule has 1 spiro atoms. The van der Waals surface area contributed by atoms with Gasteiger partial charge < -0.3 is 9.47 Å². The summed E-state index contributed by atoms with van der Waals surface area (Å²) in [5.41, 5.74) is 0. The lowest BCUT2D eigenvalue weighted by molar-refractivity contribution is -0.0823. The fourth-order valence-electron chi connectivity index (χ4n) is 1.48. The molecule has 2 atom stereocenters. The SMILES string of the molecule is OCC[O+]1[C@H]2[C@@H]1C21OO1. The van der Waals surface area contributed by atoms with Crippen LogP contribution < -0.4 is 0 Å². The van der Waals surface area contributed by atoms with Crippen LogP contribution in [0.25, 0.3) is 0 Å². The molecule has 0 bridgehead atoms. The molecule has 4 nitrogen and oxygen atoms in total. The Morgan fingerprint density at radius 1 is 1.44 bits per heavy atom. The molecule has 0 aromatic heterocycles. The van der Waals surface area contributed by atoms with E-state index in [9.17, 15) is 0 Å². The van der Waals surface area contributed by atoms with Gasteiger partial charge in [-0.15, -0.1) is 0 Å². The molecule has 1 aliphatic carbocycles. The van der Waals surface area contributed by atoms with Gasteiger partial charge in [-0.3, -0.25) is 0 Å². The molecule has 3 rings (SSSR count). The van der Waals surface area contributed by atoms with Crippen molar-refractivity contribution in [3.05, 3.63) is 0 Å². The van der Waals surface area contributed by atoms with Crippen LogP contribution in [-0.2, 0) is 14.1 Å². The van der Waals surface area contributed by atoms with E-state index in [0.717, 1.165) is 0 Å². The van der Waals surface area contributed by atoms with Crippen molar-refractivity contribution in [1.82, 2.24) is 0 Å². The molecule has 50 valence electrons. The maximum atomic E-state index is 8.46. The summed E-state index contributed by atoms with van der Waals surface area (Å²) in [5.74, 6) is -0.195. The van der Waals surface area contributed by atoms with Crippen LogP contribution in [0.3, 0.4) is 0 Å². The quantitative estimate of drug-likeness (QED) is 0.295. The van der Waals surface area contributed by atoms with Crippen molar-refractivity contribution in [3.63, 3.8) is 0 Å². The Morgan fingerprint density at radius 3 is 2.56 bits per heavy atom. The second-order valence-electron chi connectivity index (χ2n) is 2.63. The molecule has 2 aliphatic heterocycles. The summed E-state index contributed by atoms with van der Waals surface area (Å²) in [5, 5.41) is 8.46. The van der Waals surface area contributed by atoms with Crippen molar-refractivity contribution in [2.24, 2.45) is 0 Å². The number of aliphatic hydroxyl groups excluding tert-OH is 1. The van der Waals surface area contributed by atoms with Crippen LogP contribution in [0.2, 0.25) is 0 Å². The molecule has 1 saturated carbocycles. The Labute approximate surface area is 51.6 Å². The first-order valence-electron chi connectivity index (χ1n) is 3.06. The number of epoxide rings is 1. The lowest BCUT2D eigenvalue weighted by atomic mass is 10.6. The van der Waals surface area contributed by atoms with Crippen molar-refractivity contribution in [2.45, 2.75) is 18.0 Å². The van der Waals surface area contributed by atoms with Gasteiger partial charge in [0.25, 0.3) is 0 Å². The third-order valence-corrected chi connectivity index (χ3v) is 2.14. The molecular weight excluding hydrogens is 124 g/mol. The molecule has 0 aromatic rings. The smallest absolute Gasteiger partial charge is 0.389 e. The zero-order valence-electron chi connectivity index (χ0n) is 4.74. The highest BCUT2D eigenvalue weighted by Gasteiger charge is 3.07. The third-order valence-electron chi connectivity index (χ3n) is 2.14. The Balaban J connectivity index is 1.61. The molecule has 3 fully saturated rings. The maximum absolute atomic E-state index is 8.46. The lowest BCUT2D eigenvalue weighted by Crippen LogP contribution is -2.18. The predicted octanol–water partition coefficient (Wildman–Crippen LogP) is -1.05. The van der Waals surface area contributed by atoms with E-state index >= 15 is 0 Å². The molecule has 9 heavy (non-hydrogen) atoms. The van der Waals surface area contributed by atoms with Crippen LogP contribution >= 0.6 is 0 Å². The van der Waals surface area contributed by atoms with Crippen molar-refractivity contribution >= 4 is 0 Å². The van der Waals surface area contributed by atoms with Gasteiger partial charge in [-0.1, -0.05) is 0 Å². The molecule has 0 aromatic carbocycles. The van der Waals surface area contributed by atoms with Gasteiger partial charge in [0, 0.05) is 0 Å². The summed E-state index contributed by atoms with van der Waals surface area (Å²) in [7, 11) is 0. The minimum absolute atomic E-state index is 0.195. The van der Waals surface area contributed by atoms with Crippen LogP contribution in [0, 0.1) is 0 Å². The normalized spacial score (nSPS) is 49.0. The van der Waals surface area contributed by atoms with E-state index in [2.05, 4.69) is 4.37 Å². The molecule has 2 heterocycles. The number of hydrogen-bond donors (Lipinski definition) is 1. The van der Waals surface area contributed by atoms with Crippen LogP contribution in [0.5, 0.6) is 0 Å². The average molecular weight is 131 g/mol. The predicted molar refractivity (Wildman–Crippen MR) is 25.5 cm³/mol. The molecule has 1 N–H and O–H groups in total. The maximum Gasteiger partial charge on any atom is 0.389 e. The van der Waals surface area contributed by atoms with E-state index in [1.165, 1.54) is 0 Å². The first-order chi connectivity index (χ1) is 4.40. The average Bonchev–Trinajstić information content (AvgIpc) is 2.63. The number of fused-ring (bicyclic) bond motifs is 3. The van der Waals surface area contributed by atoms with Gasteiger partial charge in [-0.05, 0) is 0 Å². The Kier molecular flexibility index (Phi) is 0.531. The molecule has 4 heteroatoms. The molecule has 2 saturated heterocycles. The zero-order chi connectivity index (χ0) is 6.06. The topological polar surface area (TPSA) is 48.0 Å². The second kappa shape index (κ2) is 1.03. The van der Waals surface area contributed by atoms with E-state index in [4.69, 9.17) is 14.9 Å². The van der Waals surface area contributed by atoms with Gasteiger partial charge in [-0.25, -0.2) is 0 Å². The standard InChI is InChI=1S/C5H7O4/c6-1-2-9-3-4(9)5(3)7-8-5/h3-4,6H,1-2H2/q+1/t3-,4+. The van der Waals surface area contributed by atoms with Crippen LogP contribution in [0.15, 0.2) is 0 Å². The van der Waals surface area contributed by atoms with E-state index in [1.807, 2.05) is 0 Å². The number of rotatable bonds is 2. The van der Waals surface area contributed by atoms with Crippen molar-refractivity contribution in [1.29, 1.82) is 0 Å². The Morgan fingerprint density at radius 2 is 2.11 bits per heavy atom. The van der Waals surface area contributed by atoms with E-state index in [-0.39, 0.29) is 12.4 Å². The van der Waals surface area contributed by atoms with Crippen LogP contribution in [-0.4, -0.2) is 36.3 Å². The molecule has 0 unspecified atom stereocenters. The highest BCUT2D eigenvalue weighted by atomic mass is 17.4. The lowest BCUT2D eigenvalue weighted by Gasteiger charge is -2.00. The van der Waals surface area contributed by atoms with Crippen molar-refractivity contribution in [2.75, 3.05) is 13.2 Å². The van der Waals surface area contributed by atoms with Crippen LogP contribution in [0.1, 0.15) is 0 Å². The fraction of sp³-hybridized carbons (Fsp3) is 1.00. The van der Waals surface area contributed by atoms with E-state index in [0.29, 0.717) is 18.8 Å². The number of aliphatic hydroxyl groups is 1. The van der Waals surface area contributed by atoms with Gasteiger partial charge in [-0.2, -0.15) is 9.78 Å². The van der Waals surface area contributed by atoms with Gasteiger partial charge in [0.05, 0.1) is 0 Å². The molecule has 3 aliphatic rings. The second-order valence-corrected chi connectivity index (χ2v) is 2.63. The Bertz CT molecular complexity index is 152. The summed E-state index contributed by atoms with van der Waals surface area (Å²) in [6.45, 7) is 0.886. The van der Waals surface area contributed by atoms with E-state index in [1.54, 1.807) is 0 Å². The highest BCUT2D eigenvalue weighted by Crippen LogP contribution is 2.73. The Hall–Kier alpha value is -0.160. The van der Waals surface area contributed by atoms with E-state index < -0.39 is 0 Å². The van der Waals surface area contributed by atoms with Gasteiger partial charge >= 0.3 is 18.0 Å². The summed E-state index contributed by atoms with van der Waals surface area (Å²) in [6.07, 6.45) is 0.814. The summed E-state index contributed by atoms with van der Waals surface area (Å²) >= 11 is 0. The summed E-state index contributed by atoms with van der Waals surface area (Å²) in [6, 6.07) is 0. The first-order valence-corrected chi connectivity index (χ1v) is 3.06. The third kappa shape index (κ3) is 0.345. The first kappa shape index (κ1) is 4.62. The zero-order valence-corrected chi connectivity index (χ0v) is 4.74. The minimum atomic E-state index is -0.195. The summed E-state index contributed by atoms with van der Waals surface area (Å²) < 4.78 is 2.88. The van der Waals surface area contributed by atoms with Crippen molar-refractivity contribution < 1.29 is 19.2 Å². The molecule has 0 radical (unpaired) electrons. The van der Waals surface area contributed by atoms with Gasteiger partial charge in [0.2, 0.25) is 0 Å². The van der Waals surface area contributed by atoms with Gasteiger partial charge in [0.15, 0.2) is 6.61 Å². The largest absolute Gasteiger partial charge is 0.395 e. The van der Waals surface area contributed by atoms with Crippen molar-refractivity contribution in [3.8, 4) is 0 Å². The highest BCUT2D eigenvalue weighted by molar-refractivity contribution is 5.30. The monoisotopic (exact) mass is 131 g/mol. The molecule has 0 amide bonds. The van der Waals surface area contributed by atoms with Crippen LogP contribution in [0.4, 0.5) is 0 Å². The molecular formula is C5H7O4+. The summed E-state index contributed by atoms with van der Waals surface area (Å²) in [4.78, 5) is 9.40. The van der Waals surface area contributed by atoms with Gasteiger partial charge in [0.1, 0.15) is 6.61 Å². The number of hydrogen-bond acceptors (Lipinski definition) is 3. The fourth-order valence-corrected chi connectivity index (χ4v) is 1.48. The minimum Gasteiger partial charge on any atom is -0.395 e.